The van der Waals surface area contributed by atoms with E-state index in [1.54, 1.807) is 6.92 Å². The van der Waals surface area contributed by atoms with E-state index in [0.29, 0.717) is 46.9 Å². The number of nitrogens with one attached hydrogen (secondary N) is 1. The van der Waals surface area contributed by atoms with Gasteiger partial charge in [0.25, 0.3) is 0 Å². The van der Waals surface area contributed by atoms with Crippen molar-refractivity contribution >= 4 is 28.9 Å². The Balaban J connectivity index is 1.47. The summed E-state index contributed by atoms with van der Waals surface area (Å²) < 4.78 is 2.69. The van der Waals surface area contributed by atoms with Crippen LogP contribution in [0.25, 0.3) is 10.7 Å². The maximum Gasteiger partial charge on any atom is 0.331 e. The Morgan fingerprint density at radius 2 is 2.00 bits per heavy atom. The van der Waals surface area contributed by atoms with Crippen molar-refractivity contribution in [2.75, 3.05) is 11.9 Å². The van der Waals surface area contributed by atoms with Crippen LogP contribution in [0.3, 0.4) is 0 Å². The van der Waals surface area contributed by atoms with Crippen LogP contribution in [-0.4, -0.2) is 41.0 Å². The molecule has 4 rings (SSSR count). The lowest BCUT2D eigenvalue weighted by Gasteiger charge is -2.08. The average Bonchev–Trinajstić information content (AvgIpc) is 3.30. The molecule has 0 aliphatic carbocycles. The zero-order valence-corrected chi connectivity index (χ0v) is 18.5. The third-order valence-corrected chi connectivity index (χ3v) is 6.00. The molecule has 0 saturated heterocycles. The number of aromatic hydroxyl groups is 1. The molecule has 0 atom stereocenters. The molecule has 0 unspecified atom stereocenters. The van der Waals surface area contributed by atoms with E-state index in [1.807, 2.05) is 30.3 Å². The predicted octanol–water partition coefficient (Wildman–Crippen LogP) is 2.87. The number of imidazole rings is 1. The summed E-state index contributed by atoms with van der Waals surface area (Å²) in [4.78, 5) is 20.8. The molecule has 0 fully saturated rings. The highest BCUT2D eigenvalue weighted by atomic mass is 35.5. The van der Waals surface area contributed by atoms with Crippen molar-refractivity contribution in [3.8, 4) is 16.6 Å². The van der Waals surface area contributed by atoms with Crippen LogP contribution in [0.2, 0.25) is 5.02 Å². The molecule has 0 bridgehead atoms. The largest absolute Gasteiger partial charge is 0.493 e. The maximum atomic E-state index is 12.1. The monoisotopic (exact) mass is 457 g/mol. The van der Waals surface area contributed by atoms with Crippen LogP contribution in [0, 0.1) is 6.92 Å². The minimum Gasteiger partial charge on any atom is -0.493 e. The van der Waals surface area contributed by atoms with Crippen LogP contribution in [-0.2, 0) is 20.0 Å². The second-order valence-electron chi connectivity index (χ2n) is 6.88. The van der Waals surface area contributed by atoms with Crippen molar-refractivity contribution in [1.82, 2.24) is 29.3 Å². The summed E-state index contributed by atoms with van der Waals surface area (Å²) in [6, 6.07) is 10.0. The number of rotatable bonds is 7. The van der Waals surface area contributed by atoms with Crippen molar-refractivity contribution in [1.29, 1.82) is 0 Å². The number of benzene rings is 1. The van der Waals surface area contributed by atoms with Gasteiger partial charge in [-0.3, -0.25) is 9.13 Å². The summed E-state index contributed by atoms with van der Waals surface area (Å²) in [5, 5.41) is 23.3. The Bertz CT molecular complexity index is 1270. The Morgan fingerprint density at radius 3 is 2.71 bits per heavy atom. The third-order valence-electron chi connectivity index (χ3n) is 4.79. The lowest BCUT2D eigenvalue weighted by Crippen LogP contribution is -2.26. The molecule has 0 radical (unpaired) electrons. The fourth-order valence-electron chi connectivity index (χ4n) is 3.11. The standard InChI is InChI=1S/C20H20ClN7O2S/c1-12-18(29)27(2)20(30)28(12)9-8-22-19-23-11-14(21)16(24-19)17-26-25-15(31-17)10-13-6-4-3-5-7-13/h3-7,11,29H,8-10H2,1-2H3,(H,22,23,24). The minimum absolute atomic E-state index is 0.0439. The average molecular weight is 458 g/mol. The van der Waals surface area contributed by atoms with Crippen molar-refractivity contribution in [3.05, 3.63) is 68.3 Å². The van der Waals surface area contributed by atoms with Crippen molar-refractivity contribution in [2.24, 2.45) is 7.05 Å². The first-order chi connectivity index (χ1) is 14.9. The van der Waals surface area contributed by atoms with Gasteiger partial charge in [0, 0.05) is 26.6 Å². The third kappa shape index (κ3) is 4.44. The highest BCUT2D eigenvalue weighted by Gasteiger charge is 2.15. The fourth-order valence-corrected chi connectivity index (χ4v) is 4.23. The van der Waals surface area contributed by atoms with Crippen LogP contribution < -0.4 is 11.0 Å². The van der Waals surface area contributed by atoms with E-state index >= 15 is 0 Å². The van der Waals surface area contributed by atoms with Gasteiger partial charge in [-0.05, 0) is 12.5 Å². The van der Waals surface area contributed by atoms with E-state index in [-0.39, 0.29) is 11.6 Å². The number of hydrogen-bond acceptors (Lipinski definition) is 8. The normalized spacial score (nSPS) is 11.1. The molecule has 160 valence electrons. The summed E-state index contributed by atoms with van der Waals surface area (Å²) in [5.41, 5.74) is 1.88. The van der Waals surface area contributed by atoms with Gasteiger partial charge >= 0.3 is 5.69 Å². The van der Waals surface area contributed by atoms with E-state index < -0.39 is 0 Å². The smallest absolute Gasteiger partial charge is 0.331 e. The second kappa shape index (κ2) is 8.86. The van der Waals surface area contributed by atoms with E-state index in [1.165, 1.54) is 33.7 Å². The van der Waals surface area contributed by atoms with Gasteiger partial charge in [0.2, 0.25) is 11.8 Å². The molecule has 0 amide bonds. The molecule has 9 nitrogen and oxygen atoms in total. The van der Waals surface area contributed by atoms with E-state index in [0.717, 1.165) is 10.6 Å². The number of nitrogens with zero attached hydrogens (tertiary/aromatic N) is 6. The number of hydrogen-bond donors (Lipinski definition) is 2. The topological polar surface area (TPSA) is 111 Å². The molecule has 0 aliphatic rings. The first kappa shape index (κ1) is 21.0. The van der Waals surface area contributed by atoms with Crippen LogP contribution in [0.15, 0.2) is 41.3 Å². The summed E-state index contributed by atoms with van der Waals surface area (Å²) in [6.07, 6.45) is 2.20. The van der Waals surface area contributed by atoms with Gasteiger partial charge in [-0.1, -0.05) is 53.3 Å². The van der Waals surface area contributed by atoms with E-state index in [4.69, 9.17) is 11.6 Å². The second-order valence-corrected chi connectivity index (χ2v) is 8.35. The molecule has 4 aromatic rings. The first-order valence-corrected chi connectivity index (χ1v) is 10.7. The molecule has 3 heterocycles. The molecular formula is C20H20ClN7O2S. The van der Waals surface area contributed by atoms with Crippen molar-refractivity contribution in [2.45, 2.75) is 19.9 Å². The van der Waals surface area contributed by atoms with E-state index in [9.17, 15) is 9.90 Å². The molecule has 31 heavy (non-hydrogen) atoms. The van der Waals surface area contributed by atoms with Gasteiger partial charge < -0.3 is 10.4 Å². The summed E-state index contributed by atoms with van der Waals surface area (Å²) >= 11 is 7.73. The summed E-state index contributed by atoms with van der Waals surface area (Å²) in [5.74, 6) is 0.322. The lowest BCUT2D eigenvalue weighted by atomic mass is 10.2. The van der Waals surface area contributed by atoms with Crippen molar-refractivity contribution < 1.29 is 5.11 Å². The zero-order valence-electron chi connectivity index (χ0n) is 16.9. The van der Waals surface area contributed by atoms with Crippen LogP contribution in [0.4, 0.5) is 5.95 Å². The van der Waals surface area contributed by atoms with Gasteiger partial charge in [0.15, 0.2) is 5.01 Å². The quantitative estimate of drug-likeness (QED) is 0.439. The number of halogens is 1. The summed E-state index contributed by atoms with van der Waals surface area (Å²) in [7, 11) is 1.53. The Hall–Kier alpha value is -3.24. The fraction of sp³-hybridized carbons (Fsp3) is 0.250. The zero-order chi connectivity index (χ0) is 22.0. The van der Waals surface area contributed by atoms with Gasteiger partial charge in [-0.25, -0.2) is 14.8 Å². The molecule has 2 N–H and O–H groups in total. The van der Waals surface area contributed by atoms with Gasteiger partial charge in [-0.2, -0.15) is 0 Å². The molecule has 0 saturated carbocycles. The van der Waals surface area contributed by atoms with Crippen LogP contribution >= 0.6 is 22.9 Å². The Morgan fingerprint density at radius 1 is 1.23 bits per heavy atom. The van der Waals surface area contributed by atoms with Gasteiger partial charge in [-0.15, -0.1) is 10.2 Å². The van der Waals surface area contributed by atoms with E-state index in [2.05, 4.69) is 25.5 Å². The molecule has 11 heteroatoms. The molecule has 1 aromatic carbocycles. The van der Waals surface area contributed by atoms with Crippen LogP contribution in [0.5, 0.6) is 5.88 Å². The minimum atomic E-state index is -0.283. The van der Waals surface area contributed by atoms with Crippen LogP contribution in [0.1, 0.15) is 16.3 Å². The molecule has 3 aromatic heterocycles. The van der Waals surface area contributed by atoms with Gasteiger partial charge in [0.1, 0.15) is 10.7 Å². The van der Waals surface area contributed by atoms with Gasteiger partial charge in [0.05, 0.1) is 16.9 Å². The number of anilines is 1. The Labute approximate surface area is 187 Å². The maximum absolute atomic E-state index is 12.1. The molecule has 0 spiro atoms. The lowest BCUT2D eigenvalue weighted by molar-refractivity contribution is 0.425. The highest BCUT2D eigenvalue weighted by molar-refractivity contribution is 7.14. The highest BCUT2D eigenvalue weighted by Crippen LogP contribution is 2.29. The predicted molar refractivity (Wildman–Crippen MR) is 120 cm³/mol. The molecule has 0 aliphatic heterocycles. The summed E-state index contributed by atoms with van der Waals surface area (Å²) in [6.45, 7) is 2.43. The molecular weight excluding hydrogens is 438 g/mol. The first-order valence-electron chi connectivity index (χ1n) is 9.52. The Kier molecular flexibility index (Phi) is 6.01. The van der Waals surface area contributed by atoms with Crippen molar-refractivity contribution in [3.63, 3.8) is 0 Å². The SMILES string of the molecule is Cc1c(O)n(C)c(=O)n1CCNc1ncc(Cl)c(-c2nnc(Cc3ccccc3)s2)n1. The number of aromatic nitrogens is 6.